The van der Waals surface area contributed by atoms with Gasteiger partial charge in [0, 0.05) is 17.0 Å². The topological polar surface area (TPSA) is 54.0 Å². The lowest BCUT2D eigenvalue weighted by molar-refractivity contribution is 0.112. The molecule has 0 saturated heterocycles. The number of methoxy groups -OCH3 is 2. The first-order valence-electron chi connectivity index (χ1n) is 8.66. The average molecular weight is 356 g/mol. The molecule has 5 heteroatoms. The molecule has 2 aromatic carbocycles. The quantitative estimate of drug-likeness (QED) is 0.711. The smallest absolute Gasteiger partial charge is 0.165 e. The molecule has 0 aromatic heterocycles. The molecule has 138 valence electrons. The second kappa shape index (κ2) is 7.28. The van der Waals surface area contributed by atoms with Crippen LogP contribution in [0.3, 0.4) is 0 Å². The molecule has 2 aromatic rings. The molecule has 5 nitrogen and oxygen atoms in total. The summed E-state index contributed by atoms with van der Waals surface area (Å²) in [6.07, 6.45) is 0.693. The molecular formula is C21H24O5. The van der Waals surface area contributed by atoms with E-state index in [9.17, 15) is 4.79 Å². The van der Waals surface area contributed by atoms with Gasteiger partial charge in [0.1, 0.15) is 12.4 Å². The Hall–Kier alpha value is -2.69. The number of hydrogen-bond donors (Lipinski definition) is 0. The second-order valence-electron chi connectivity index (χ2n) is 6.66. The zero-order chi connectivity index (χ0) is 18.8. The van der Waals surface area contributed by atoms with Crippen LogP contribution in [-0.4, -0.2) is 26.6 Å². The predicted molar refractivity (Wildman–Crippen MR) is 98.9 cm³/mol. The molecule has 0 amide bonds. The van der Waals surface area contributed by atoms with Crippen molar-refractivity contribution in [2.24, 2.45) is 0 Å². The van der Waals surface area contributed by atoms with E-state index in [4.69, 9.17) is 18.9 Å². The number of hydrogen-bond acceptors (Lipinski definition) is 5. The van der Waals surface area contributed by atoms with Crippen molar-refractivity contribution in [3.05, 3.63) is 47.0 Å². The van der Waals surface area contributed by atoms with Crippen molar-refractivity contribution in [3.8, 4) is 23.0 Å². The molecule has 3 rings (SSSR count). The van der Waals surface area contributed by atoms with Crippen LogP contribution in [0.15, 0.2) is 30.3 Å². The molecule has 1 aliphatic heterocycles. The maximum atomic E-state index is 11.2. The number of carbonyl (C=O) groups is 1. The lowest BCUT2D eigenvalue weighted by atomic mass is 9.91. The zero-order valence-electron chi connectivity index (χ0n) is 15.7. The average Bonchev–Trinajstić information content (AvgIpc) is 2.97. The Kier molecular flexibility index (Phi) is 5.07. The van der Waals surface area contributed by atoms with Gasteiger partial charge in [-0.25, -0.2) is 0 Å². The van der Waals surface area contributed by atoms with E-state index in [1.54, 1.807) is 20.3 Å². The van der Waals surface area contributed by atoms with Gasteiger partial charge < -0.3 is 18.9 Å². The number of ether oxygens (including phenoxy) is 4. The van der Waals surface area contributed by atoms with Crippen molar-refractivity contribution in [2.75, 3.05) is 14.2 Å². The SMILES string of the molecule is COc1cc([C@@H]2Oc3c(OC)cc(C=O)cc3[C@H]2C)ccc1OC(C)C. The van der Waals surface area contributed by atoms with Gasteiger partial charge in [0.15, 0.2) is 23.0 Å². The van der Waals surface area contributed by atoms with E-state index in [1.165, 1.54) is 0 Å². The summed E-state index contributed by atoms with van der Waals surface area (Å²) in [6, 6.07) is 9.39. The van der Waals surface area contributed by atoms with Crippen LogP contribution in [-0.2, 0) is 0 Å². The molecule has 1 heterocycles. The van der Waals surface area contributed by atoms with Crippen LogP contribution in [0.1, 0.15) is 54.3 Å². The Balaban J connectivity index is 1.97. The first-order valence-corrected chi connectivity index (χ1v) is 8.66. The third-order valence-electron chi connectivity index (χ3n) is 4.53. The van der Waals surface area contributed by atoms with Gasteiger partial charge in [0.25, 0.3) is 0 Å². The number of carbonyl (C=O) groups excluding carboxylic acids is 1. The Morgan fingerprint density at radius 2 is 1.77 bits per heavy atom. The Morgan fingerprint density at radius 3 is 2.38 bits per heavy atom. The van der Waals surface area contributed by atoms with E-state index in [2.05, 4.69) is 6.92 Å². The van der Waals surface area contributed by atoms with Crippen LogP contribution in [0.2, 0.25) is 0 Å². The molecule has 0 aliphatic carbocycles. The van der Waals surface area contributed by atoms with Gasteiger partial charge >= 0.3 is 0 Å². The predicted octanol–water partition coefficient (Wildman–Crippen LogP) is 4.54. The molecule has 26 heavy (non-hydrogen) atoms. The molecule has 1 aliphatic rings. The van der Waals surface area contributed by atoms with E-state index in [1.807, 2.05) is 38.1 Å². The Bertz CT molecular complexity index is 812. The second-order valence-corrected chi connectivity index (χ2v) is 6.66. The third kappa shape index (κ3) is 3.21. The van der Waals surface area contributed by atoms with Crippen LogP contribution in [0.4, 0.5) is 0 Å². The minimum atomic E-state index is -0.192. The maximum Gasteiger partial charge on any atom is 0.165 e. The fraction of sp³-hybridized carbons (Fsp3) is 0.381. The summed E-state index contributed by atoms with van der Waals surface area (Å²) >= 11 is 0. The normalized spacial score (nSPS) is 18.2. The lowest BCUT2D eigenvalue weighted by Gasteiger charge is -2.19. The third-order valence-corrected chi connectivity index (χ3v) is 4.53. The number of rotatable bonds is 6. The molecule has 0 unspecified atom stereocenters. The summed E-state index contributed by atoms with van der Waals surface area (Å²) in [5.74, 6) is 2.71. The fourth-order valence-electron chi connectivity index (χ4n) is 3.29. The van der Waals surface area contributed by atoms with E-state index in [0.29, 0.717) is 28.6 Å². The first-order chi connectivity index (χ1) is 12.5. The number of fused-ring (bicyclic) bond motifs is 1. The summed E-state index contributed by atoms with van der Waals surface area (Å²) in [7, 11) is 3.20. The number of benzene rings is 2. The first kappa shape index (κ1) is 18.1. The molecule has 0 spiro atoms. The summed E-state index contributed by atoms with van der Waals surface area (Å²) in [5.41, 5.74) is 2.53. The molecular weight excluding hydrogens is 332 g/mol. The van der Waals surface area contributed by atoms with Crippen molar-refractivity contribution in [3.63, 3.8) is 0 Å². The van der Waals surface area contributed by atoms with Gasteiger partial charge in [-0.05, 0) is 43.7 Å². The van der Waals surface area contributed by atoms with Gasteiger partial charge in [-0.2, -0.15) is 0 Å². The highest BCUT2D eigenvalue weighted by Gasteiger charge is 2.35. The standard InChI is InChI=1S/C21H24O5/c1-12(2)25-17-7-6-15(10-18(17)23-4)20-13(3)16-8-14(11-22)9-19(24-5)21(16)26-20/h6-13,20H,1-5H3/t13-,20-/m1/s1. The van der Waals surface area contributed by atoms with Gasteiger partial charge in [0.2, 0.25) is 0 Å². The Morgan fingerprint density at radius 1 is 1.04 bits per heavy atom. The lowest BCUT2D eigenvalue weighted by Crippen LogP contribution is -2.10. The number of aldehydes is 1. The minimum Gasteiger partial charge on any atom is -0.493 e. The summed E-state index contributed by atoms with van der Waals surface area (Å²) < 4.78 is 22.9. The van der Waals surface area contributed by atoms with E-state index >= 15 is 0 Å². The maximum absolute atomic E-state index is 11.2. The molecule has 0 radical (unpaired) electrons. The van der Waals surface area contributed by atoms with E-state index < -0.39 is 0 Å². The van der Waals surface area contributed by atoms with Crippen molar-refractivity contribution in [1.82, 2.24) is 0 Å². The minimum absolute atomic E-state index is 0.0617. The van der Waals surface area contributed by atoms with E-state index in [0.717, 1.165) is 17.4 Å². The molecule has 2 atom stereocenters. The highest BCUT2D eigenvalue weighted by Crippen LogP contribution is 2.51. The highest BCUT2D eigenvalue weighted by atomic mass is 16.5. The highest BCUT2D eigenvalue weighted by molar-refractivity contribution is 5.78. The molecule has 0 fully saturated rings. The zero-order valence-corrected chi connectivity index (χ0v) is 15.7. The summed E-state index contributed by atoms with van der Waals surface area (Å²) in [6.45, 7) is 6.03. The Labute approximate surface area is 153 Å². The monoisotopic (exact) mass is 356 g/mol. The van der Waals surface area contributed by atoms with Crippen molar-refractivity contribution >= 4 is 6.29 Å². The summed E-state index contributed by atoms with van der Waals surface area (Å²) in [5, 5.41) is 0. The van der Waals surface area contributed by atoms with Crippen LogP contribution < -0.4 is 18.9 Å². The van der Waals surface area contributed by atoms with Crippen molar-refractivity contribution in [2.45, 2.75) is 38.9 Å². The molecule has 0 bridgehead atoms. The van der Waals surface area contributed by atoms with Gasteiger partial charge in [-0.1, -0.05) is 13.0 Å². The van der Waals surface area contributed by atoms with Crippen LogP contribution in [0.5, 0.6) is 23.0 Å². The van der Waals surface area contributed by atoms with E-state index in [-0.39, 0.29) is 18.1 Å². The molecule has 0 saturated carbocycles. The molecule has 0 N–H and O–H groups in total. The van der Waals surface area contributed by atoms with Crippen molar-refractivity contribution in [1.29, 1.82) is 0 Å². The van der Waals surface area contributed by atoms with Crippen LogP contribution in [0.25, 0.3) is 0 Å². The van der Waals surface area contributed by atoms with Crippen LogP contribution >= 0.6 is 0 Å². The van der Waals surface area contributed by atoms with Gasteiger partial charge in [0.05, 0.1) is 20.3 Å². The van der Waals surface area contributed by atoms with Gasteiger partial charge in [-0.15, -0.1) is 0 Å². The van der Waals surface area contributed by atoms with Gasteiger partial charge in [-0.3, -0.25) is 4.79 Å². The largest absolute Gasteiger partial charge is 0.493 e. The van der Waals surface area contributed by atoms with Crippen molar-refractivity contribution < 1.29 is 23.7 Å². The van der Waals surface area contributed by atoms with Crippen LogP contribution in [0, 0.1) is 0 Å². The fourth-order valence-corrected chi connectivity index (χ4v) is 3.29. The summed E-state index contributed by atoms with van der Waals surface area (Å²) in [4.78, 5) is 11.2.